The number of carbonyl (C=O) groups is 1. The standard InChI is InChI=1S/C27H27Cl3N4O3/c1-6-11-33(5)19-9-7-18(8-10-19)31-25(24-15(2)12-16(3)26(17(24)4)34(36)37)27(35)32-23-14-21(29)20(28)13-22(23)30/h7-10,12-14H,6,11H2,1-5H3,(H,32,35). The maximum Gasteiger partial charge on any atom is 0.275 e. The Balaban J connectivity index is 2.17. The molecule has 37 heavy (non-hydrogen) atoms. The highest BCUT2D eigenvalue weighted by Crippen LogP contribution is 2.34. The molecule has 0 saturated heterocycles. The number of hydrogen-bond donors (Lipinski definition) is 1. The summed E-state index contributed by atoms with van der Waals surface area (Å²) >= 11 is 18.4. The number of aryl methyl sites for hydroxylation is 2. The van der Waals surface area contributed by atoms with E-state index in [1.54, 1.807) is 39.0 Å². The molecular formula is C27H27Cl3N4O3. The van der Waals surface area contributed by atoms with Crippen molar-refractivity contribution in [3.05, 3.63) is 89.9 Å². The Morgan fingerprint density at radius 3 is 2.22 bits per heavy atom. The van der Waals surface area contributed by atoms with Crippen LogP contribution in [-0.4, -0.2) is 30.1 Å². The van der Waals surface area contributed by atoms with Gasteiger partial charge in [-0.05, 0) is 75.2 Å². The third-order valence-corrected chi connectivity index (χ3v) is 6.95. The van der Waals surface area contributed by atoms with Gasteiger partial charge >= 0.3 is 0 Å². The lowest BCUT2D eigenvalue weighted by Gasteiger charge is -2.18. The summed E-state index contributed by atoms with van der Waals surface area (Å²) in [6.07, 6.45) is 1.00. The third kappa shape index (κ3) is 6.42. The van der Waals surface area contributed by atoms with E-state index in [2.05, 4.69) is 22.1 Å². The van der Waals surface area contributed by atoms with Crippen molar-refractivity contribution in [2.45, 2.75) is 34.1 Å². The normalized spacial score (nSPS) is 11.4. The first-order valence-corrected chi connectivity index (χ1v) is 12.7. The lowest BCUT2D eigenvalue weighted by molar-refractivity contribution is -0.386. The Bertz CT molecular complexity index is 1390. The van der Waals surface area contributed by atoms with Crippen LogP contribution in [0.15, 0.2) is 47.5 Å². The van der Waals surface area contributed by atoms with Crippen LogP contribution in [0.25, 0.3) is 0 Å². The number of anilines is 2. The molecule has 7 nitrogen and oxygen atoms in total. The van der Waals surface area contributed by atoms with Gasteiger partial charge in [-0.15, -0.1) is 0 Å². The smallest absolute Gasteiger partial charge is 0.275 e. The Morgan fingerprint density at radius 1 is 1.00 bits per heavy atom. The number of aliphatic imine (C=N–C) groups is 1. The highest BCUT2D eigenvalue weighted by Gasteiger charge is 2.27. The van der Waals surface area contributed by atoms with Crippen molar-refractivity contribution in [3.8, 4) is 0 Å². The van der Waals surface area contributed by atoms with Gasteiger partial charge in [-0.1, -0.05) is 41.7 Å². The van der Waals surface area contributed by atoms with Crippen LogP contribution in [-0.2, 0) is 4.79 Å². The van der Waals surface area contributed by atoms with Crippen LogP contribution >= 0.6 is 34.8 Å². The Hall–Kier alpha value is -3.13. The van der Waals surface area contributed by atoms with Gasteiger partial charge in [0.2, 0.25) is 0 Å². The second-order valence-corrected chi connectivity index (χ2v) is 9.94. The van der Waals surface area contributed by atoms with Crippen molar-refractivity contribution in [2.24, 2.45) is 4.99 Å². The van der Waals surface area contributed by atoms with Crippen molar-refractivity contribution in [3.63, 3.8) is 0 Å². The van der Waals surface area contributed by atoms with E-state index in [0.29, 0.717) is 27.9 Å². The highest BCUT2D eigenvalue weighted by atomic mass is 35.5. The van der Waals surface area contributed by atoms with Crippen molar-refractivity contribution < 1.29 is 9.72 Å². The van der Waals surface area contributed by atoms with Crippen LogP contribution in [0.4, 0.5) is 22.7 Å². The van der Waals surface area contributed by atoms with Gasteiger partial charge in [0.15, 0.2) is 0 Å². The molecule has 3 aromatic rings. The number of benzene rings is 3. The van der Waals surface area contributed by atoms with Gasteiger partial charge in [-0.2, -0.15) is 0 Å². The van der Waals surface area contributed by atoms with Crippen molar-refractivity contribution in [1.29, 1.82) is 0 Å². The summed E-state index contributed by atoms with van der Waals surface area (Å²) in [6, 6.07) is 12.0. The number of hydrogen-bond acceptors (Lipinski definition) is 5. The number of nitro groups is 1. The highest BCUT2D eigenvalue weighted by molar-refractivity contribution is 6.51. The molecule has 0 aliphatic heterocycles. The summed E-state index contributed by atoms with van der Waals surface area (Å²) < 4.78 is 0. The molecule has 0 atom stereocenters. The van der Waals surface area contributed by atoms with Gasteiger partial charge in [0.05, 0.1) is 31.4 Å². The molecule has 10 heteroatoms. The van der Waals surface area contributed by atoms with E-state index in [9.17, 15) is 14.9 Å². The molecule has 3 aromatic carbocycles. The molecule has 1 amide bonds. The number of nitro benzene ring substituents is 1. The number of nitrogens with one attached hydrogen (secondary N) is 1. The summed E-state index contributed by atoms with van der Waals surface area (Å²) in [6.45, 7) is 8.07. The zero-order chi connectivity index (χ0) is 27.4. The quantitative estimate of drug-likeness (QED) is 0.130. The summed E-state index contributed by atoms with van der Waals surface area (Å²) in [5.41, 5.74) is 3.60. The lowest BCUT2D eigenvalue weighted by Crippen LogP contribution is -2.26. The lowest BCUT2D eigenvalue weighted by atomic mass is 9.93. The second-order valence-electron chi connectivity index (χ2n) is 8.71. The van der Waals surface area contributed by atoms with Crippen LogP contribution in [0.3, 0.4) is 0 Å². The third-order valence-electron chi connectivity index (χ3n) is 5.91. The van der Waals surface area contributed by atoms with E-state index in [4.69, 9.17) is 34.8 Å². The fourth-order valence-corrected chi connectivity index (χ4v) is 4.81. The van der Waals surface area contributed by atoms with Crippen LogP contribution in [0.1, 0.15) is 35.6 Å². The van der Waals surface area contributed by atoms with Gasteiger partial charge in [0.25, 0.3) is 11.6 Å². The van der Waals surface area contributed by atoms with Gasteiger partial charge in [-0.25, -0.2) is 4.99 Å². The van der Waals surface area contributed by atoms with Gasteiger partial charge < -0.3 is 10.2 Å². The van der Waals surface area contributed by atoms with Crippen molar-refractivity contribution in [2.75, 3.05) is 23.8 Å². The van der Waals surface area contributed by atoms with E-state index in [1.807, 2.05) is 19.2 Å². The molecule has 0 aliphatic carbocycles. The molecule has 0 bridgehead atoms. The van der Waals surface area contributed by atoms with Crippen LogP contribution in [0.2, 0.25) is 15.1 Å². The minimum Gasteiger partial charge on any atom is -0.375 e. The van der Waals surface area contributed by atoms with Crippen molar-refractivity contribution in [1.82, 2.24) is 0 Å². The zero-order valence-corrected chi connectivity index (χ0v) is 23.4. The molecule has 0 spiro atoms. The fraction of sp³-hybridized carbons (Fsp3) is 0.259. The molecule has 3 rings (SSSR count). The van der Waals surface area contributed by atoms with Gasteiger partial charge in [0.1, 0.15) is 5.71 Å². The van der Waals surface area contributed by atoms with Crippen LogP contribution < -0.4 is 10.2 Å². The molecule has 0 radical (unpaired) electrons. The summed E-state index contributed by atoms with van der Waals surface area (Å²) in [5.74, 6) is -0.600. The maximum absolute atomic E-state index is 13.6. The van der Waals surface area contributed by atoms with E-state index in [-0.39, 0.29) is 32.2 Å². The topological polar surface area (TPSA) is 87.8 Å². The average molecular weight is 562 g/mol. The minimum absolute atomic E-state index is 0.00917. The van der Waals surface area contributed by atoms with Crippen LogP contribution in [0.5, 0.6) is 0 Å². The summed E-state index contributed by atoms with van der Waals surface area (Å²) in [4.78, 5) is 31.8. The zero-order valence-electron chi connectivity index (χ0n) is 21.2. The number of nitrogens with zero attached hydrogens (tertiary/aromatic N) is 3. The Morgan fingerprint density at radius 2 is 1.62 bits per heavy atom. The molecular weight excluding hydrogens is 535 g/mol. The predicted molar refractivity (Wildman–Crippen MR) is 154 cm³/mol. The predicted octanol–water partition coefficient (Wildman–Crippen LogP) is 8.09. The first kappa shape index (κ1) is 28.4. The van der Waals surface area contributed by atoms with E-state index in [1.165, 1.54) is 12.1 Å². The van der Waals surface area contributed by atoms with E-state index >= 15 is 0 Å². The monoisotopic (exact) mass is 560 g/mol. The number of amides is 1. The molecule has 0 unspecified atom stereocenters. The SMILES string of the molecule is CCCN(C)c1ccc(N=C(C(=O)Nc2cc(Cl)c(Cl)cc2Cl)c2c(C)cc(C)c([N+](=O)[O-])c2C)cc1. The number of halogens is 3. The van der Waals surface area contributed by atoms with Gasteiger partial charge in [0, 0.05) is 36.0 Å². The minimum atomic E-state index is -0.600. The average Bonchev–Trinajstić information content (AvgIpc) is 2.81. The van der Waals surface area contributed by atoms with E-state index < -0.39 is 10.8 Å². The Labute approximate surface area is 231 Å². The summed E-state index contributed by atoms with van der Waals surface area (Å²) in [5, 5.41) is 15.2. The molecule has 0 heterocycles. The summed E-state index contributed by atoms with van der Waals surface area (Å²) in [7, 11) is 2.00. The molecule has 0 saturated carbocycles. The van der Waals surface area contributed by atoms with Crippen LogP contribution in [0, 0.1) is 30.9 Å². The fourth-order valence-electron chi connectivity index (χ4n) is 4.22. The van der Waals surface area contributed by atoms with Gasteiger partial charge in [-0.3, -0.25) is 14.9 Å². The first-order valence-electron chi connectivity index (χ1n) is 11.6. The molecule has 194 valence electrons. The maximum atomic E-state index is 13.6. The Kier molecular flexibility index (Phi) is 9.18. The molecule has 1 N–H and O–H groups in total. The van der Waals surface area contributed by atoms with E-state index in [0.717, 1.165) is 18.7 Å². The number of carbonyl (C=O) groups excluding carboxylic acids is 1. The number of rotatable bonds is 8. The second kappa shape index (κ2) is 11.9. The molecule has 0 aromatic heterocycles. The van der Waals surface area contributed by atoms with Crippen molar-refractivity contribution >= 4 is 69.2 Å². The first-order chi connectivity index (χ1) is 17.4. The molecule has 0 aliphatic rings. The largest absolute Gasteiger partial charge is 0.375 e. The molecule has 0 fully saturated rings.